The Labute approximate surface area is 216 Å². The van der Waals surface area contributed by atoms with Crippen molar-refractivity contribution in [1.82, 2.24) is 16.2 Å². The van der Waals surface area contributed by atoms with E-state index >= 15 is 0 Å². The SMILES string of the molecule is Cc1ccc(OCC(=O)NC(=S)NNC(=O)c2ccc(NC(=O)c3ccccc3C)cc2)c(Br)c1. The first-order chi connectivity index (χ1) is 16.7. The van der Waals surface area contributed by atoms with Crippen LogP contribution in [0.5, 0.6) is 5.75 Å². The Bertz CT molecular complexity index is 1260. The summed E-state index contributed by atoms with van der Waals surface area (Å²) in [6.45, 7) is 3.55. The molecule has 0 saturated heterocycles. The van der Waals surface area contributed by atoms with Crippen molar-refractivity contribution in [3.05, 3.63) is 93.5 Å². The molecule has 0 bridgehead atoms. The van der Waals surface area contributed by atoms with E-state index < -0.39 is 11.8 Å². The Hall–Kier alpha value is -3.76. The lowest BCUT2D eigenvalue weighted by Gasteiger charge is -2.12. The van der Waals surface area contributed by atoms with Gasteiger partial charge < -0.3 is 10.1 Å². The molecule has 10 heteroatoms. The number of hydrogen-bond donors (Lipinski definition) is 4. The molecule has 3 rings (SSSR count). The van der Waals surface area contributed by atoms with E-state index in [9.17, 15) is 14.4 Å². The second-order valence-electron chi connectivity index (χ2n) is 7.53. The Kier molecular flexibility index (Phi) is 8.93. The number of aryl methyl sites for hydroxylation is 2. The number of halogens is 1. The average molecular weight is 555 g/mol. The number of nitrogens with one attached hydrogen (secondary N) is 4. The monoisotopic (exact) mass is 554 g/mol. The molecule has 0 unspecified atom stereocenters. The number of rotatable bonds is 6. The lowest BCUT2D eigenvalue weighted by molar-refractivity contribution is -0.121. The van der Waals surface area contributed by atoms with Gasteiger partial charge in [-0.05, 0) is 95.6 Å². The Morgan fingerprint density at radius 2 is 1.63 bits per heavy atom. The van der Waals surface area contributed by atoms with Gasteiger partial charge in [-0.2, -0.15) is 0 Å². The standard InChI is InChI=1S/C25H23BrN4O4S/c1-15-7-12-21(20(26)13-15)34-14-22(31)28-25(35)30-29-23(32)17-8-10-18(11-9-17)27-24(33)19-6-4-3-5-16(19)2/h3-13H,14H2,1-2H3,(H,27,33)(H,29,32)(H2,28,30,31,35). The summed E-state index contributed by atoms with van der Waals surface area (Å²) in [6.07, 6.45) is 0. The largest absolute Gasteiger partial charge is 0.483 e. The topological polar surface area (TPSA) is 109 Å². The zero-order chi connectivity index (χ0) is 25.4. The summed E-state index contributed by atoms with van der Waals surface area (Å²) < 4.78 is 6.19. The molecule has 0 spiro atoms. The minimum Gasteiger partial charge on any atom is -0.483 e. The highest BCUT2D eigenvalue weighted by Gasteiger charge is 2.11. The molecule has 0 aliphatic heterocycles. The molecule has 35 heavy (non-hydrogen) atoms. The van der Waals surface area contributed by atoms with E-state index in [1.807, 2.05) is 38.1 Å². The summed E-state index contributed by atoms with van der Waals surface area (Å²) in [5.41, 5.74) is 8.24. The van der Waals surface area contributed by atoms with Crippen LogP contribution in [-0.2, 0) is 4.79 Å². The van der Waals surface area contributed by atoms with Gasteiger partial charge in [-0.25, -0.2) is 0 Å². The first-order valence-electron chi connectivity index (χ1n) is 10.5. The van der Waals surface area contributed by atoms with E-state index in [2.05, 4.69) is 37.4 Å². The van der Waals surface area contributed by atoms with E-state index in [0.717, 1.165) is 15.6 Å². The van der Waals surface area contributed by atoms with Crippen LogP contribution in [-0.4, -0.2) is 29.4 Å². The van der Waals surface area contributed by atoms with Gasteiger partial charge in [-0.1, -0.05) is 24.3 Å². The third-order valence-corrected chi connectivity index (χ3v) is 5.61. The van der Waals surface area contributed by atoms with E-state index in [4.69, 9.17) is 17.0 Å². The molecule has 3 amide bonds. The van der Waals surface area contributed by atoms with Crippen LogP contribution >= 0.6 is 28.1 Å². The van der Waals surface area contributed by atoms with Crippen molar-refractivity contribution in [2.45, 2.75) is 13.8 Å². The average Bonchev–Trinajstić information content (AvgIpc) is 2.82. The predicted molar refractivity (Wildman–Crippen MR) is 141 cm³/mol. The summed E-state index contributed by atoms with van der Waals surface area (Å²) in [5.74, 6) is -0.672. The zero-order valence-corrected chi connectivity index (χ0v) is 21.4. The minimum absolute atomic E-state index is 0.0861. The summed E-state index contributed by atoms with van der Waals surface area (Å²) in [4.78, 5) is 36.8. The zero-order valence-electron chi connectivity index (χ0n) is 19.0. The van der Waals surface area contributed by atoms with Gasteiger partial charge in [0.15, 0.2) is 11.7 Å². The maximum atomic E-state index is 12.4. The highest BCUT2D eigenvalue weighted by Crippen LogP contribution is 2.25. The number of hydrazine groups is 1. The molecule has 3 aromatic carbocycles. The van der Waals surface area contributed by atoms with Crippen LogP contribution in [0.25, 0.3) is 0 Å². The van der Waals surface area contributed by atoms with Crippen molar-refractivity contribution in [2.75, 3.05) is 11.9 Å². The Morgan fingerprint density at radius 3 is 2.31 bits per heavy atom. The van der Waals surface area contributed by atoms with Crippen LogP contribution in [0.4, 0.5) is 5.69 Å². The summed E-state index contributed by atoms with van der Waals surface area (Å²) in [7, 11) is 0. The van der Waals surface area contributed by atoms with E-state index in [0.29, 0.717) is 22.6 Å². The quantitative estimate of drug-likeness (QED) is 0.270. The Morgan fingerprint density at radius 1 is 0.914 bits per heavy atom. The van der Waals surface area contributed by atoms with E-state index in [1.165, 1.54) is 0 Å². The molecule has 8 nitrogen and oxygen atoms in total. The first kappa shape index (κ1) is 25.9. The van der Waals surface area contributed by atoms with Gasteiger partial charge in [-0.15, -0.1) is 0 Å². The predicted octanol–water partition coefficient (Wildman–Crippen LogP) is 4.03. The molecule has 0 aliphatic rings. The number of anilines is 1. The number of thiocarbonyl (C=S) groups is 1. The molecular weight excluding hydrogens is 532 g/mol. The summed E-state index contributed by atoms with van der Waals surface area (Å²) >= 11 is 8.41. The number of hydrogen-bond acceptors (Lipinski definition) is 5. The Balaban J connectivity index is 1.44. The van der Waals surface area contributed by atoms with Crippen molar-refractivity contribution in [1.29, 1.82) is 0 Å². The second-order valence-corrected chi connectivity index (χ2v) is 8.79. The number of carbonyl (C=O) groups is 3. The summed E-state index contributed by atoms with van der Waals surface area (Å²) in [6, 6.07) is 19.1. The van der Waals surface area contributed by atoms with Crippen LogP contribution in [0.3, 0.4) is 0 Å². The normalized spacial score (nSPS) is 10.1. The highest BCUT2D eigenvalue weighted by atomic mass is 79.9. The molecule has 0 saturated carbocycles. The molecule has 0 atom stereocenters. The molecule has 180 valence electrons. The van der Waals surface area contributed by atoms with Gasteiger partial charge in [0.2, 0.25) is 0 Å². The van der Waals surface area contributed by atoms with Gasteiger partial charge in [-0.3, -0.25) is 30.6 Å². The van der Waals surface area contributed by atoms with Crippen LogP contribution in [0.1, 0.15) is 31.8 Å². The molecule has 3 aromatic rings. The molecule has 0 heterocycles. The van der Waals surface area contributed by atoms with Crippen molar-refractivity contribution < 1.29 is 19.1 Å². The number of ether oxygens (including phenoxy) is 1. The molecular formula is C25H23BrN4O4S. The maximum Gasteiger partial charge on any atom is 0.269 e. The first-order valence-corrected chi connectivity index (χ1v) is 11.7. The van der Waals surface area contributed by atoms with Crippen LogP contribution in [0.15, 0.2) is 71.2 Å². The lowest BCUT2D eigenvalue weighted by Crippen LogP contribution is -2.49. The van der Waals surface area contributed by atoms with Crippen LogP contribution < -0.4 is 26.2 Å². The van der Waals surface area contributed by atoms with Crippen molar-refractivity contribution >= 4 is 56.7 Å². The molecule has 0 fully saturated rings. The smallest absolute Gasteiger partial charge is 0.269 e. The molecule has 4 N–H and O–H groups in total. The third-order valence-electron chi connectivity index (χ3n) is 4.78. The van der Waals surface area contributed by atoms with Gasteiger partial charge in [0, 0.05) is 16.8 Å². The van der Waals surface area contributed by atoms with Gasteiger partial charge >= 0.3 is 0 Å². The summed E-state index contributed by atoms with van der Waals surface area (Å²) in [5, 5.41) is 5.13. The fourth-order valence-corrected chi connectivity index (χ4v) is 3.75. The van der Waals surface area contributed by atoms with Crippen molar-refractivity contribution in [3.8, 4) is 5.75 Å². The lowest BCUT2D eigenvalue weighted by atomic mass is 10.1. The number of benzene rings is 3. The third kappa shape index (κ3) is 7.62. The van der Waals surface area contributed by atoms with Crippen molar-refractivity contribution in [3.63, 3.8) is 0 Å². The fraction of sp³-hybridized carbons (Fsp3) is 0.120. The minimum atomic E-state index is -0.488. The maximum absolute atomic E-state index is 12.4. The van der Waals surface area contributed by atoms with Gasteiger partial charge in [0.25, 0.3) is 17.7 Å². The van der Waals surface area contributed by atoms with Gasteiger partial charge in [0.05, 0.1) is 4.47 Å². The van der Waals surface area contributed by atoms with Gasteiger partial charge in [0.1, 0.15) is 5.75 Å². The van der Waals surface area contributed by atoms with Crippen LogP contribution in [0, 0.1) is 13.8 Å². The molecule has 0 radical (unpaired) electrons. The second kappa shape index (κ2) is 12.1. The molecule has 0 aromatic heterocycles. The van der Waals surface area contributed by atoms with E-state index in [-0.39, 0.29) is 17.6 Å². The highest BCUT2D eigenvalue weighted by molar-refractivity contribution is 9.10. The van der Waals surface area contributed by atoms with Crippen molar-refractivity contribution in [2.24, 2.45) is 0 Å². The number of amides is 3. The molecule has 0 aliphatic carbocycles. The van der Waals surface area contributed by atoms with E-state index in [1.54, 1.807) is 42.5 Å². The number of carbonyl (C=O) groups excluding carboxylic acids is 3. The van der Waals surface area contributed by atoms with Crippen LogP contribution in [0.2, 0.25) is 0 Å². The fourth-order valence-electron chi connectivity index (χ4n) is 2.98.